The van der Waals surface area contributed by atoms with Crippen LogP contribution in [-0.4, -0.2) is 22.2 Å². The first-order valence-electron chi connectivity index (χ1n) is 9.99. The smallest absolute Gasteiger partial charge is 0.337 e. The van der Waals surface area contributed by atoms with Crippen LogP contribution in [0.1, 0.15) is 44.9 Å². The third kappa shape index (κ3) is 5.10. The quantitative estimate of drug-likeness (QED) is 0.451. The van der Waals surface area contributed by atoms with Gasteiger partial charge in [0.2, 0.25) is 0 Å². The molecule has 0 aliphatic carbocycles. The second kappa shape index (κ2) is 9.92. The molecule has 0 radical (unpaired) electrons. The van der Waals surface area contributed by atoms with Gasteiger partial charge in [0, 0.05) is 35.1 Å². The van der Waals surface area contributed by atoms with Gasteiger partial charge in [0.25, 0.3) is 0 Å². The second-order valence-corrected chi connectivity index (χ2v) is 7.82. The molecule has 4 nitrogen and oxygen atoms in total. The number of aromatic carboxylic acids is 1. The summed E-state index contributed by atoms with van der Waals surface area (Å²) < 4.78 is 15.3. The number of hydrogen-bond donors (Lipinski definition) is 2. The van der Waals surface area contributed by atoms with Gasteiger partial charge >= 0.3 is 5.97 Å². The Kier molecular flexibility index (Phi) is 7.29. The van der Waals surface area contributed by atoms with Crippen LogP contribution in [0.25, 0.3) is 0 Å². The molecule has 0 saturated carbocycles. The van der Waals surface area contributed by atoms with Gasteiger partial charge < -0.3 is 15.0 Å². The lowest BCUT2D eigenvalue weighted by Crippen LogP contribution is -2.17. The number of hydrogen-bond acceptors (Lipinski definition) is 2. The van der Waals surface area contributed by atoms with Crippen LogP contribution in [-0.2, 0) is 19.5 Å². The summed E-state index contributed by atoms with van der Waals surface area (Å²) in [5.41, 5.74) is 4.68. The molecule has 1 heterocycles. The van der Waals surface area contributed by atoms with Crippen LogP contribution in [0.4, 0.5) is 4.39 Å². The van der Waals surface area contributed by atoms with Crippen molar-refractivity contribution in [3.8, 4) is 0 Å². The number of aryl methyl sites for hydroxylation is 1. The third-order valence-electron chi connectivity index (χ3n) is 5.43. The lowest BCUT2D eigenvalue weighted by atomic mass is 10.1. The second-order valence-electron chi connectivity index (χ2n) is 7.42. The van der Waals surface area contributed by atoms with Gasteiger partial charge in [-0.2, -0.15) is 0 Å². The maximum atomic E-state index is 13.4. The number of benzene rings is 2. The van der Waals surface area contributed by atoms with Crippen molar-refractivity contribution in [2.45, 2.75) is 39.8 Å². The summed E-state index contributed by atoms with van der Waals surface area (Å²) in [5.74, 6) is -1.34. The molecule has 0 atom stereocenters. The highest BCUT2D eigenvalue weighted by Crippen LogP contribution is 2.26. The van der Waals surface area contributed by atoms with Gasteiger partial charge in [-0.25, -0.2) is 9.18 Å². The van der Waals surface area contributed by atoms with E-state index in [0.717, 1.165) is 36.2 Å². The van der Waals surface area contributed by atoms with E-state index in [4.69, 9.17) is 11.6 Å². The number of carboxylic acids is 1. The number of rotatable bonds is 9. The fourth-order valence-corrected chi connectivity index (χ4v) is 4.01. The van der Waals surface area contributed by atoms with Crippen molar-refractivity contribution >= 4 is 17.6 Å². The summed E-state index contributed by atoms with van der Waals surface area (Å²) in [6, 6.07) is 14.6. The minimum absolute atomic E-state index is 0.321. The molecule has 0 amide bonds. The van der Waals surface area contributed by atoms with E-state index >= 15 is 0 Å². The molecular formula is C24H26ClFN2O2. The Labute approximate surface area is 181 Å². The molecule has 0 unspecified atom stereocenters. The number of halogens is 2. The molecule has 6 heteroatoms. The molecule has 30 heavy (non-hydrogen) atoms. The number of carboxylic acid groups (broad SMARTS) is 1. The first-order valence-corrected chi connectivity index (χ1v) is 10.4. The number of aromatic nitrogens is 1. The van der Waals surface area contributed by atoms with Crippen molar-refractivity contribution in [1.29, 1.82) is 0 Å². The van der Waals surface area contributed by atoms with Crippen molar-refractivity contribution in [3.63, 3.8) is 0 Å². The molecule has 2 N–H and O–H groups in total. The molecule has 0 fully saturated rings. The van der Waals surface area contributed by atoms with Crippen molar-refractivity contribution in [1.82, 2.24) is 9.88 Å². The van der Waals surface area contributed by atoms with Crippen LogP contribution in [0.3, 0.4) is 0 Å². The van der Waals surface area contributed by atoms with E-state index in [1.807, 2.05) is 29.7 Å². The Morgan fingerprint density at radius 3 is 2.53 bits per heavy atom. The van der Waals surface area contributed by atoms with Crippen molar-refractivity contribution in [2.75, 3.05) is 6.54 Å². The highest BCUT2D eigenvalue weighted by Gasteiger charge is 2.22. The Morgan fingerprint density at radius 2 is 1.87 bits per heavy atom. The number of nitrogens with one attached hydrogen (secondary N) is 1. The monoisotopic (exact) mass is 428 g/mol. The van der Waals surface area contributed by atoms with Crippen LogP contribution in [0, 0.1) is 19.7 Å². The fourth-order valence-electron chi connectivity index (χ4n) is 3.78. The molecule has 0 bridgehead atoms. The molecule has 3 aromatic rings. The average Bonchev–Trinajstić information content (AvgIpc) is 2.94. The van der Waals surface area contributed by atoms with Crippen molar-refractivity contribution in [2.24, 2.45) is 0 Å². The maximum Gasteiger partial charge on any atom is 0.337 e. The van der Waals surface area contributed by atoms with E-state index in [-0.39, 0.29) is 0 Å². The molecule has 1 aromatic heterocycles. The summed E-state index contributed by atoms with van der Waals surface area (Å²) >= 11 is 6.18. The zero-order valence-electron chi connectivity index (χ0n) is 17.2. The number of nitrogens with zero attached hydrogens (tertiary/aromatic N) is 1. The molecule has 0 aliphatic heterocycles. The summed E-state index contributed by atoms with van der Waals surface area (Å²) in [6.07, 6.45) is 1.94. The fraction of sp³-hybridized carbons (Fsp3) is 0.292. The molecular weight excluding hydrogens is 403 g/mol. The molecule has 158 valence electrons. The van der Waals surface area contributed by atoms with Crippen LogP contribution < -0.4 is 5.32 Å². The lowest BCUT2D eigenvalue weighted by Gasteiger charge is -2.12. The Bertz CT molecular complexity index is 1030. The van der Waals surface area contributed by atoms with E-state index in [2.05, 4.69) is 17.4 Å². The average molecular weight is 429 g/mol. The third-order valence-corrected chi connectivity index (χ3v) is 5.78. The van der Waals surface area contributed by atoms with Gasteiger partial charge in [-0.05, 0) is 56.5 Å². The molecule has 0 spiro atoms. The largest absolute Gasteiger partial charge is 0.478 e. The Balaban J connectivity index is 1.72. The van der Waals surface area contributed by atoms with Crippen LogP contribution in [0.15, 0.2) is 48.5 Å². The molecule has 0 saturated heterocycles. The summed E-state index contributed by atoms with van der Waals surface area (Å²) in [4.78, 5) is 11.9. The van der Waals surface area contributed by atoms with Crippen LogP contribution >= 0.6 is 11.6 Å². The highest BCUT2D eigenvalue weighted by molar-refractivity contribution is 6.31. The van der Waals surface area contributed by atoms with E-state index in [0.29, 0.717) is 29.4 Å². The predicted molar refractivity (Wildman–Crippen MR) is 118 cm³/mol. The molecule has 0 aliphatic rings. The Hall–Kier alpha value is -2.63. The zero-order valence-corrected chi connectivity index (χ0v) is 18.0. The van der Waals surface area contributed by atoms with Gasteiger partial charge in [0.05, 0.1) is 5.56 Å². The topological polar surface area (TPSA) is 54.3 Å². The first-order chi connectivity index (χ1) is 14.4. The van der Waals surface area contributed by atoms with E-state index in [1.54, 1.807) is 13.0 Å². The molecule has 2 aromatic carbocycles. The van der Waals surface area contributed by atoms with Crippen LogP contribution in [0.2, 0.25) is 5.02 Å². The normalized spacial score (nSPS) is 11.1. The first kappa shape index (κ1) is 22.1. The zero-order chi connectivity index (χ0) is 21.7. The highest BCUT2D eigenvalue weighted by atomic mass is 35.5. The van der Waals surface area contributed by atoms with Gasteiger partial charge in [0.15, 0.2) is 0 Å². The SMILES string of the molecule is Cc1c(CNCCCc2ccccc2)c(C(=O)O)c(C)n1Cc1ccc(F)cc1Cl. The predicted octanol–water partition coefficient (Wildman–Crippen LogP) is 5.37. The van der Waals surface area contributed by atoms with Crippen molar-refractivity contribution < 1.29 is 14.3 Å². The summed E-state index contributed by atoms with van der Waals surface area (Å²) in [5, 5.41) is 13.5. The Morgan fingerprint density at radius 1 is 1.13 bits per heavy atom. The minimum atomic E-state index is -0.944. The maximum absolute atomic E-state index is 13.4. The molecule has 3 rings (SSSR count). The van der Waals surface area contributed by atoms with Gasteiger partial charge in [-0.15, -0.1) is 0 Å². The van der Waals surface area contributed by atoms with E-state index in [9.17, 15) is 14.3 Å². The van der Waals surface area contributed by atoms with Gasteiger partial charge in [0.1, 0.15) is 5.82 Å². The van der Waals surface area contributed by atoms with E-state index in [1.165, 1.54) is 17.7 Å². The van der Waals surface area contributed by atoms with Crippen molar-refractivity contribution in [3.05, 3.63) is 93.0 Å². The minimum Gasteiger partial charge on any atom is -0.478 e. The van der Waals surface area contributed by atoms with E-state index < -0.39 is 11.8 Å². The number of carbonyl (C=O) groups is 1. The lowest BCUT2D eigenvalue weighted by molar-refractivity contribution is 0.0694. The van der Waals surface area contributed by atoms with Gasteiger partial charge in [-0.3, -0.25) is 0 Å². The summed E-state index contributed by atoms with van der Waals surface area (Å²) in [6.45, 7) is 5.38. The summed E-state index contributed by atoms with van der Waals surface area (Å²) in [7, 11) is 0. The standard InChI is InChI=1S/C24H26ClFN2O2/c1-16-21(14-27-12-6-9-18-7-4-3-5-8-18)23(24(29)30)17(2)28(16)15-19-10-11-20(26)13-22(19)25/h3-5,7-8,10-11,13,27H,6,9,12,14-15H2,1-2H3,(H,29,30). The van der Waals surface area contributed by atoms with Crippen LogP contribution in [0.5, 0.6) is 0 Å². The van der Waals surface area contributed by atoms with Gasteiger partial charge in [-0.1, -0.05) is 48.0 Å².